The van der Waals surface area contributed by atoms with Crippen LogP contribution in [0.3, 0.4) is 0 Å². The number of rotatable bonds is 3. The van der Waals surface area contributed by atoms with Gasteiger partial charge in [-0.3, -0.25) is 9.36 Å². The van der Waals surface area contributed by atoms with E-state index in [0.29, 0.717) is 21.4 Å². The van der Waals surface area contributed by atoms with E-state index in [2.05, 4.69) is 4.98 Å². The van der Waals surface area contributed by atoms with Crippen molar-refractivity contribution in [2.24, 2.45) is 0 Å². The van der Waals surface area contributed by atoms with Crippen LogP contribution in [0, 0.1) is 0 Å². The van der Waals surface area contributed by atoms with E-state index >= 15 is 0 Å². The van der Waals surface area contributed by atoms with E-state index in [-0.39, 0.29) is 23.2 Å². The molecule has 0 saturated heterocycles. The maximum atomic E-state index is 12.1. The largest absolute Gasteiger partial charge is 0.292 e. The van der Waals surface area contributed by atoms with Crippen LogP contribution in [0.5, 0.6) is 0 Å². The minimum atomic E-state index is -0.218. The molecule has 0 aliphatic rings. The Bertz CT molecular complexity index is 675. The van der Waals surface area contributed by atoms with E-state index in [1.807, 2.05) is 13.8 Å². The molecule has 0 bridgehead atoms. The summed E-state index contributed by atoms with van der Waals surface area (Å²) in [4.78, 5) is 16.4. The molecule has 0 saturated carbocycles. The third kappa shape index (κ3) is 3.17. The molecule has 0 fully saturated rings. The van der Waals surface area contributed by atoms with Crippen molar-refractivity contribution in [2.45, 2.75) is 26.3 Å². The Hall–Kier alpha value is -1.03. The van der Waals surface area contributed by atoms with Crippen LogP contribution < -0.4 is 5.56 Å². The van der Waals surface area contributed by atoms with Crippen molar-refractivity contribution in [2.75, 3.05) is 0 Å². The monoisotopic (exact) mass is 330 g/mol. The normalized spacial score (nSPS) is 11.1. The standard InChI is InChI=1S/C14H13Cl3N2O/c1-8(2)14-18-12(17)6-13(20)19(14)7-9-10(15)4-3-5-11(9)16/h3-6,8H,7H2,1-2H3. The fourth-order valence-corrected chi connectivity index (χ4v) is 2.63. The second kappa shape index (κ2) is 6.17. The zero-order valence-corrected chi connectivity index (χ0v) is 13.3. The van der Waals surface area contributed by atoms with Gasteiger partial charge in [-0.25, -0.2) is 4.98 Å². The topological polar surface area (TPSA) is 34.9 Å². The van der Waals surface area contributed by atoms with E-state index in [9.17, 15) is 4.79 Å². The molecule has 0 radical (unpaired) electrons. The Morgan fingerprint density at radius 3 is 2.35 bits per heavy atom. The first-order valence-electron chi connectivity index (χ1n) is 6.10. The molecule has 3 nitrogen and oxygen atoms in total. The molecule has 1 aromatic carbocycles. The van der Waals surface area contributed by atoms with Crippen molar-refractivity contribution in [3.63, 3.8) is 0 Å². The third-order valence-electron chi connectivity index (χ3n) is 2.90. The lowest BCUT2D eigenvalue weighted by molar-refractivity contribution is 0.625. The zero-order chi connectivity index (χ0) is 14.9. The first-order chi connectivity index (χ1) is 9.40. The first kappa shape index (κ1) is 15.4. The van der Waals surface area contributed by atoms with Crippen LogP contribution in [0.15, 0.2) is 29.1 Å². The molecule has 1 heterocycles. The van der Waals surface area contributed by atoms with Gasteiger partial charge in [0.2, 0.25) is 0 Å². The molecule has 0 spiro atoms. The lowest BCUT2D eigenvalue weighted by Crippen LogP contribution is -2.26. The second-order valence-corrected chi connectivity index (χ2v) is 5.92. The number of hydrogen-bond acceptors (Lipinski definition) is 2. The summed E-state index contributed by atoms with van der Waals surface area (Å²) < 4.78 is 1.55. The summed E-state index contributed by atoms with van der Waals surface area (Å²) in [6, 6.07) is 6.54. The first-order valence-corrected chi connectivity index (χ1v) is 7.23. The molecular formula is C14H13Cl3N2O. The second-order valence-electron chi connectivity index (χ2n) is 4.72. The summed E-state index contributed by atoms with van der Waals surface area (Å²) in [7, 11) is 0. The maximum absolute atomic E-state index is 12.1. The lowest BCUT2D eigenvalue weighted by atomic mass is 10.1. The van der Waals surface area contributed by atoms with Crippen LogP contribution in [0.4, 0.5) is 0 Å². The fourth-order valence-electron chi connectivity index (χ4n) is 1.94. The Morgan fingerprint density at radius 1 is 1.20 bits per heavy atom. The maximum Gasteiger partial charge on any atom is 0.255 e. The van der Waals surface area contributed by atoms with E-state index in [0.717, 1.165) is 0 Å². The molecular weight excluding hydrogens is 319 g/mol. The molecule has 6 heteroatoms. The quantitative estimate of drug-likeness (QED) is 0.783. The number of aromatic nitrogens is 2. The smallest absolute Gasteiger partial charge is 0.255 e. The summed E-state index contributed by atoms with van der Waals surface area (Å²) in [5.74, 6) is 0.668. The molecule has 1 aromatic heterocycles. The molecule has 20 heavy (non-hydrogen) atoms. The highest BCUT2D eigenvalue weighted by atomic mass is 35.5. The van der Waals surface area contributed by atoms with Gasteiger partial charge in [-0.1, -0.05) is 54.7 Å². The molecule has 0 amide bonds. The highest BCUT2D eigenvalue weighted by Gasteiger charge is 2.14. The van der Waals surface area contributed by atoms with Crippen LogP contribution in [0.2, 0.25) is 15.2 Å². The summed E-state index contributed by atoms with van der Waals surface area (Å²) in [5.41, 5.74) is 0.480. The van der Waals surface area contributed by atoms with Gasteiger partial charge in [0.15, 0.2) is 0 Å². The zero-order valence-electron chi connectivity index (χ0n) is 11.0. The predicted molar refractivity (Wildman–Crippen MR) is 83.2 cm³/mol. The van der Waals surface area contributed by atoms with Gasteiger partial charge in [-0.15, -0.1) is 0 Å². The van der Waals surface area contributed by atoms with Crippen LogP contribution in [0.1, 0.15) is 31.2 Å². The Morgan fingerprint density at radius 2 is 1.80 bits per heavy atom. The molecule has 0 aliphatic heterocycles. The number of benzene rings is 1. The summed E-state index contributed by atoms with van der Waals surface area (Å²) in [6.45, 7) is 4.17. The summed E-state index contributed by atoms with van der Waals surface area (Å²) >= 11 is 18.2. The molecule has 0 unspecified atom stereocenters. The van der Waals surface area contributed by atoms with Gasteiger partial charge >= 0.3 is 0 Å². The van der Waals surface area contributed by atoms with Gasteiger partial charge in [0.25, 0.3) is 5.56 Å². The van der Waals surface area contributed by atoms with Crippen molar-refractivity contribution in [1.82, 2.24) is 9.55 Å². The third-order valence-corrected chi connectivity index (χ3v) is 3.80. The highest BCUT2D eigenvalue weighted by Crippen LogP contribution is 2.25. The van der Waals surface area contributed by atoms with Gasteiger partial charge < -0.3 is 0 Å². The van der Waals surface area contributed by atoms with Gasteiger partial charge in [-0.2, -0.15) is 0 Å². The minimum absolute atomic E-state index is 0.0580. The molecule has 0 atom stereocenters. The van der Waals surface area contributed by atoms with Crippen molar-refractivity contribution >= 4 is 34.8 Å². The lowest BCUT2D eigenvalue weighted by Gasteiger charge is -2.16. The van der Waals surface area contributed by atoms with Crippen LogP contribution >= 0.6 is 34.8 Å². The minimum Gasteiger partial charge on any atom is -0.292 e. The summed E-state index contributed by atoms with van der Waals surface area (Å²) in [5, 5.41) is 1.24. The SMILES string of the molecule is CC(C)c1nc(Cl)cc(=O)n1Cc1c(Cl)cccc1Cl. The van der Waals surface area contributed by atoms with Crippen molar-refractivity contribution in [3.8, 4) is 0 Å². The van der Waals surface area contributed by atoms with E-state index < -0.39 is 0 Å². The average molecular weight is 332 g/mol. The van der Waals surface area contributed by atoms with Crippen molar-refractivity contribution in [3.05, 3.63) is 61.2 Å². The molecule has 0 aliphatic carbocycles. The van der Waals surface area contributed by atoms with E-state index in [1.54, 1.807) is 22.8 Å². The summed E-state index contributed by atoms with van der Waals surface area (Å²) in [6.07, 6.45) is 0. The van der Waals surface area contributed by atoms with Crippen molar-refractivity contribution < 1.29 is 0 Å². The van der Waals surface area contributed by atoms with Crippen LogP contribution in [0.25, 0.3) is 0 Å². The van der Waals surface area contributed by atoms with Gasteiger partial charge in [0.1, 0.15) is 11.0 Å². The number of nitrogens with zero attached hydrogens (tertiary/aromatic N) is 2. The van der Waals surface area contributed by atoms with Crippen LogP contribution in [-0.2, 0) is 6.54 Å². The molecule has 2 rings (SSSR count). The highest BCUT2D eigenvalue weighted by molar-refractivity contribution is 6.36. The average Bonchev–Trinajstić information content (AvgIpc) is 2.35. The Kier molecular flexibility index (Phi) is 4.74. The van der Waals surface area contributed by atoms with E-state index in [1.165, 1.54) is 6.07 Å². The number of hydrogen-bond donors (Lipinski definition) is 0. The van der Waals surface area contributed by atoms with Crippen molar-refractivity contribution in [1.29, 1.82) is 0 Å². The molecule has 2 aromatic rings. The Labute approximate surface area is 132 Å². The van der Waals surface area contributed by atoms with Gasteiger partial charge in [0.05, 0.1) is 6.54 Å². The Balaban J connectivity index is 2.57. The fraction of sp³-hybridized carbons (Fsp3) is 0.286. The van der Waals surface area contributed by atoms with E-state index in [4.69, 9.17) is 34.8 Å². The number of halogens is 3. The van der Waals surface area contributed by atoms with Gasteiger partial charge in [-0.05, 0) is 12.1 Å². The molecule has 106 valence electrons. The van der Waals surface area contributed by atoms with Crippen LogP contribution in [-0.4, -0.2) is 9.55 Å². The molecule has 0 N–H and O–H groups in total. The predicted octanol–water partition coefficient (Wildman–Crippen LogP) is 4.38. The van der Waals surface area contributed by atoms with Gasteiger partial charge in [0, 0.05) is 27.6 Å².